The Morgan fingerprint density at radius 2 is 2.05 bits per heavy atom. The fourth-order valence-electron chi connectivity index (χ4n) is 2.19. The zero-order valence-corrected chi connectivity index (χ0v) is 10.8. The second-order valence-corrected chi connectivity index (χ2v) is 5.38. The van der Waals surface area contributed by atoms with Crippen LogP contribution >= 0.6 is 0 Å². The molecule has 2 N–H and O–H groups in total. The van der Waals surface area contributed by atoms with Crippen molar-refractivity contribution in [2.75, 3.05) is 0 Å². The lowest BCUT2D eigenvalue weighted by atomic mass is 9.97. The molecule has 0 radical (unpaired) electrons. The van der Waals surface area contributed by atoms with Gasteiger partial charge in [0.05, 0.1) is 5.54 Å². The summed E-state index contributed by atoms with van der Waals surface area (Å²) in [7, 11) is 0. The predicted molar refractivity (Wildman–Crippen MR) is 67.8 cm³/mol. The van der Waals surface area contributed by atoms with Gasteiger partial charge in [-0.05, 0) is 43.4 Å². The van der Waals surface area contributed by atoms with Crippen molar-refractivity contribution < 1.29 is 8.91 Å². The smallest absolute Gasteiger partial charge is 0.246 e. The zero-order valence-electron chi connectivity index (χ0n) is 10.8. The molecule has 1 saturated carbocycles. The second kappa shape index (κ2) is 4.42. The van der Waals surface area contributed by atoms with Gasteiger partial charge in [-0.2, -0.15) is 4.98 Å². The van der Waals surface area contributed by atoms with Crippen molar-refractivity contribution in [1.29, 1.82) is 0 Å². The standard InChI is InChI=1S/C14H16FN3O/c1-14(16,10-4-5-10)13-17-12(18-19-13)8-9-2-6-11(15)7-3-9/h2-3,6-7,10H,4-5,8,16H2,1H3. The Morgan fingerprint density at radius 3 is 2.68 bits per heavy atom. The monoisotopic (exact) mass is 261 g/mol. The van der Waals surface area contributed by atoms with Crippen molar-refractivity contribution in [1.82, 2.24) is 10.1 Å². The quantitative estimate of drug-likeness (QED) is 0.917. The van der Waals surface area contributed by atoms with E-state index in [0.29, 0.717) is 24.1 Å². The van der Waals surface area contributed by atoms with Crippen molar-refractivity contribution in [2.24, 2.45) is 11.7 Å². The molecule has 3 rings (SSSR count). The van der Waals surface area contributed by atoms with Crippen molar-refractivity contribution in [3.8, 4) is 0 Å². The first kappa shape index (κ1) is 12.3. The highest BCUT2D eigenvalue weighted by Crippen LogP contribution is 2.43. The molecular formula is C14H16FN3O. The third kappa shape index (κ3) is 2.51. The summed E-state index contributed by atoms with van der Waals surface area (Å²) < 4.78 is 18.1. The van der Waals surface area contributed by atoms with Crippen LogP contribution in [0.1, 0.15) is 37.0 Å². The van der Waals surface area contributed by atoms with Crippen LogP contribution < -0.4 is 5.73 Å². The highest BCUT2D eigenvalue weighted by atomic mass is 19.1. The summed E-state index contributed by atoms with van der Waals surface area (Å²) in [5, 5.41) is 3.95. The molecule has 0 spiro atoms. The van der Waals surface area contributed by atoms with Crippen LogP contribution in [0.3, 0.4) is 0 Å². The van der Waals surface area contributed by atoms with Crippen molar-refractivity contribution in [3.05, 3.63) is 47.4 Å². The molecule has 100 valence electrons. The summed E-state index contributed by atoms with van der Waals surface area (Å²) in [6.45, 7) is 1.93. The molecule has 0 amide bonds. The van der Waals surface area contributed by atoms with E-state index in [1.54, 1.807) is 12.1 Å². The number of rotatable bonds is 4. The van der Waals surface area contributed by atoms with Crippen LogP contribution in [0.4, 0.5) is 4.39 Å². The lowest BCUT2D eigenvalue weighted by Gasteiger charge is -2.18. The largest absolute Gasteiger partial charge is 0.337 e. The van der Waals surface area contributed by atoms with Gasteiger partial charge in [-0.15, -0.1) is 0 Å². The lowest BCUT2D eigenvalue weighted by Crippen LogP contribution is -2.35. The molecule has 1 aromatic carbocycles. The number of nitrogens with two attached hydrogens (primary N) is 1. The Kier molecular flexibility index (Phi) is 2.86. The summed E-state index contributed by atoms with van der Waals surface area (Å²) in [6.07, 6.45) is 2.75. The van der Waals surface area contributed by atoms with Gasteiger partial charge in [0.1, 0.15) is 5.82 Å². The number of hydrogen-bond acceptors (Lipinski definition) is 4. The van der Waals surface area contributed by atoms with Crippen LogP contribution in [0.25, 0.3) is 0 Å². The van der Waals surface area contributed by atoms with Crippen LogP contribution in [0, 0.1) is 11.7 Å². The van der Waals surface area contributed by atoms with Gasteiger partial charge in [-0.25, -0.2) is 4.39 Å². The van der Waals surface area contributed by atoms with E-state index in [4.69, 9.17) is 10.3 Å². The summed E-state index contributed by atoms with van der Waals surface area (Å²) >= 11 is 0. The summed E-state index contributed by atoms with van der Waals surface area (Å²) in [6, 6.07) is 6.28. The average Bonchev–Trinajstić information content (AvgIpc) is 3.14. The fraction of sp³-hybridized carbons (Fsp3) is 0.429. The first-order chi connectivity index (χ1) is 9.05. The Hall–Kier alpha value is -1.75. The Morgan fingerprint density at radius 1 is 1.37 bits per heavy atom. The van der Waals surface area contributed by atoms with Crippen LogP contribution in [0.5, 0.6) is 0 Å². The van der Waals surface area contributed by atoms with E-state index in [2.05, 4.69) is 10.1 Å². The maximum absolute atomic E-state index is 12.8. The molecule has 5 heteroatoms. The predicted octanol–water partition coefficient (Wildman–Crippen LogP) is 2.38. The molecule has 19 heavy (non-hydrogen) atoms. The molecule has 1 unspecified atom stereocenters. The van der Waals surface area contributed by atoms with Crippen molar-refractivity contribution in [3.63, 3.8) is 0 Å². The molecule has 0 bridgehead atoms. The van der Waals surface area contributed by atoms with Gasteiger partial charge in [-0.3, -0.25) is 0 Å². The third-order valence-electron chi connectivity index (χ3n) is 3.63. The molecule has 4 nitrogen and oxygen atoms in total. The van der Waals surface area contributed by atoms with Gasteiger partial charge in [0.15, 0.2) is 5.82 Å². The van der Waals surface area contributed by atoms with Crippen molar-refractivity contribution in [2.45, 2.75) is 31.7 Å². The summed E-state index contributed by atoms with van der Waals surface area (Å²) in [5.74, 6) is 1.26. The molecule has 1 aromatic heterocycles. The number of aromatic nitrogens is 2. The van der Waals surface area contributed by atoms with E-state index >= 15 is 0 Å². The van der Waals surface area contributed by atoms with Gasteiger partial charge >= 0.3 is 0 Å². The topological polar surface area (TPSA) is 64.9 Å². The van der Waals surface area contributed by atoms with E-state index < -0.39 is 5.54 Å². The maximum Gasteiger partial charge on any atom is 0.246 e. The van der Waals surface area contributed by atoms with Gasteiger partial charge < -0.3 is 10.3 Å². The van der Waals surface area contributed by atoms with Crippen LogP contribution in [-0.2, 0) is 12.0 Å². The van der Waals surface area contributed by atoms with E-state index in [-0.39, 0.29) is 5.82 Å². The van der Waals surface area contributed by atoms with Gasteiger partial charge in [0.2, 0.25) is 5.89 Å². The molecule has 1 heterocycles. The summed E-state index contributed by atoms with van der Waals surface area (Å²) in [5.41, 5.74) is 6.63. The Bertz CT molecular complexity index is 573. The number of hydrogen-bond donors (Lipinski definition) is 1. The highest BCUT2D eigenvalue weighted by molar-refractivity contribution is 5.20. The molecule has 1 aliphatic rings. The average molecular weight is 261 g/mol. The van der Waals surface area contributed by atoms with E-state index in [0.717, 1.165) is 18.4 Å². The fourth-order valence-corrected chi connectivity index (χ4v) is 2.19. The molecule has 0 saturated heterocycles. The SMILES string of the molecule is CC(N)(c1nc(Cc2ccc(F)cc2)no1)C1CC1. The van der Waals surface area contributed by atoms with Crippen molar-refractivity contribution >= 4 is 0 Å². The number of nitrogens with zero attached hydrogens (tertiary/aromatic N) is 2. The molecule has 1 atom stereocenters. The van der Waals surface area contributed by atoms with Crippen LogP contribution in [0.2, 0.25) is 0 Å². The van der Waals surface area contributed by atoms with Gasteiger partial charge in [0.25, 0.3) is 0 Å². The minimum absolute atomic E-state index is 0.249. The van der Waals surface area contributed by atoms with E-state index in [1.807, 2.05) is 6.92 Å². The molecule has 2 aromatic rings. The van der Waals surface area contributed by atoms with Crippen LogP contribution in [0.15, 0.2) is 28.8 Å². The molecule has 1 aliphatic carbocycles. The Balaban J connectivity index is 1.76. The minimum atomic E-state index is -0.534. The van der Waals surface area contributed by atoms with E-state index in [1.165, 1.54) is 12.1 Å². The van der Waals surface area contributed by atoms with E-state index in [9.17, 15) is 4.39 Å². The number of halogens is 1. The first-order valence-electron chi connectivity index (χ1n) is 6.42. The summed E-state index contributed by atoms with van der Waals surface area (Å²) in [4.78, 5) is 4.36. The first-order valence-corrected chi connectivity index (χ1v) is 6.42. The second-order valence-electron chi connectivity index (χ2n) is 5.38. The lowest BCUT2D eigenvalue weighted by molar-refractivity contribution is 0.272. The molecule has 0 aliphatic heterocycles. The molecular weight excluding hydrogens is 245 g/mol. The Labute approximate surface area is 110 Å². The minimum Gasteiger partial charge on any atom is -0.337 e. The molecule has 1 fully saturated rings. The zero-order chi connectivity index (χ0) is 13.5. The third-order valence-corrected chi connectivity index (χ3v) is 3.63. The normalized spacial score (nSPS) is 18.3. The van der Waals surface area contributed by atoms with Crippen LogP contribution in [-0.4, -0.2) is 10.1 Å². The highest BCUT2D eigenvalue weighted by Gasteiger charge is 2.43. The van der Waals surface area contributed by atoms with Gasteiger partial charge in [-0.1, -0.05) is 17.3 Å². The number of benzene rings is 1. The van der Waals surface area contributed by atoms with Gasteiger partial charge in [0, 0.05) is 6.42 Å². The maximum atomic E-state index is 12.8.